The van der Waals surface area contributed by atoms with Gasteiger partial charge in [0.05, 0.1) is 6.61 Å². The number of nitrogens with zero attached hydrogens (tertiary/aromatic N) is 1. The molecule has 0 fully saturated rings. The Hall–Kier alpha value is -1.94. The van der Waals surface area contributed by atoms with Crippen molar-refractivity contribution >= 4 is 17.3 Å². The molecule has 2 aromatic rings. The predicted octanol–water partition coefficient (Wildman–Crippen LogP) is 3.51. The van der Waals surface area contributed by atoms with E-state index in [1.54, 1.807) is 18.2 Å². The first kappa shape index (κ1) is 12.5. The van der Waals surface area contributed by atoms with Crippen LogP contribution in [-0.2, 0) is 0 Å². The largest absolute Gasteiger partial charge is 0.490 e. The van der Waals surface area contributed by atoms with E-state index in [9.17, 15) is 0 Å². The number of aromatic nitrogens is 1. The molecule has 0 aliphatic heterocycles. The van der Waals surface area contributed by atoms with Gasteiger partial charge >= 0.3 is 0 Å². The molecule has 0 bridgehead atoms. The zero-order chi connectivity index (χ0) is 13.0. The van der Waals surface area contributed by atoms with E-state index in [0.717, 1.165) is 0 Å². The first-order valence-electron chi connectivity index (χ1n) is 5.52. The van der Waals surface area contributed by atoms with Gasteiger partial charge in [-0.25, -0.2) is 4.98 Å². The second kappa shape index (κ2) is 5.60. The molecular weight excluding hydrogens is 252 g/mol. The van der Waals surface area contributed by atoms with Gasteiger partial charge in [0.15, 0.2) is 11.5 Å². The van der Waals surface area contributed by atoms with Gasteiger partial charge in [-0.15, -0.1) is 0 Å². The van der Waals surface area contributed by atoms with Crippen LogP contribution in [0.3, 0.4) is 0 Å². The summed E-state index contributed by atoms with van der Waals surface area (Å²) in [4.78, 5) is 4.04. The number of nitrogen functional groups attached to an aromatic ring is 1. The fourth-order valence-electron chi connectivity index (χ4n) is 1.47. The van der Waals surface area contributed by atoms with Crippen LogP contribution in [0.2, 0.25) is 5.15 Å². The highest BCUT2D eigenvalue weighted by atomic mass is 35.5. The number of rotatable bonds is 4. The third kappa shape index (κ3) is 3.05. The summed E-state index contributed by atoms with van der Waals surface area (Å²) in [5.74, 6) is 1.57. The smallest absolute Gasteiger partial charge is 0.222 e. The molecule has 1 aromatic carbocycles. The Balaban J connectivity index is 2.27. The summed E-state index contributed by atoms with van der Waals surface area (Å²) >= 11 is 5.81. The number of anilines is 1. The maximum atomic E-state index is 5.81. The minimum atomic E-state index is 0.291. The number of pyridine rings is 1. The maximum absolute atomic E-state index is 5.81. The maximum Gasteiger partial charge on any atom is 0.222 e. The molecule has 5 heteroatoms. The lowest BCUT2D eigenvalue weighted by Gasteiger charge is -2.10. The minimum absolute atomic E-state index is 0.291. The Labute approximate surface area is 110 Å². The number of hydrogen-bond acceptors (Lipinski definition) is 4. The molecule has 2 rings (SSSR count). The number of para-hydroxylation sites is 2. The van der Waals surface area contributed by atoms with Crippen LogP contribution in [0.1, 0.15) is 6.92 Å². The fourth-order valence-corrected chi connectivity index (χ4v) is 1.68. The minimum Gasteiger partial charge on any atom is -0.490 e. The lowest BCUT2D eigenvalue weighted by molar-refractivity contribution is 0.319. The van der Waals surface area contributed by atoms with E-state index in [1.807, 2.05) is 25.1 Å². The standard InChI is InChI=1S/C13H13ClN2O2/c1-2-17-10-5-3-4-6-11(10)18-13-8-9(15)7-12(14)16-13/h3-8H,2H2,1H3,(H2,15,16). The van der Waals surface area contributed by atoms with Gasteiger partial charge in [-0.1, -0.05) is 23.7 Å². The van der Waals surface area contributed by atoms with Gasteiger partial charge in [0.25, 0.3) is 0 Å². The summed E-state index contributed by atoms with van der Waals surface area (Å²) in [7, 11) is 0. The summed E-state index contributed by atoms with van der Waals surface area (Å²) in [5, 5.41) is 0.291. The molecule has 94 valence electrons. The number of benzene rings is 1. The van der Waals surface area contributed by atoms with Crippen molar-refractivity contribution < 1.29 is 9.47 Å². The molecule has 0 radical (unpaired) electrons. The van der Waals surface area contributed by atoms with E-state index in [1.165, 1.54) is 0 Å². The Morgan fingerprint density at radius 3 is 2.61 bits per heavy atom. The Kier molecular flexibility index (Phi) is 3.89. The van der Waals surface area contributed by atoms with E-state index in [-0.39, 0.29) is 0 Å². The molecule has 2 N–H and O–H groups in total. The molecule has 0 unspecified atom stereocenters. The van der Waals surface area contributed by atoms with Crippen LogP contribution in [0.4, 0.5) is 5.69 Å². The molecule has 18 heavy (non-hydrogen) atoms. The van der Waals surface area contributed by atoms with Crippen LogP contribution >= 0.6 is 11.6 Å². The summed E-state index contributed by atoms with van der Waals surface area (Å²) < 4.78 is 11.1. The molecule has 1 heterocycles. The van der Waals surface area contributed by atoms with Crippen molar-refractivity contribution in [2.24, 2.45) is 0 Å². The van der Waals surface area contributed by atoms with Crippen LogP contribution in [-0.4, -0.2) is 11.6 Å². The van der Waals surface area contributed by atoms with Crippen molar-refractivity contribution in [1.29, 1.82) is 0 Å². The highest BCUT2D eigenvalue weighted by molar-refractivity contribution is 6.29. The van der Waals surface area contributed by atoms with Gasteiger partial charge in [-0.3, -0.25) is 0 Å². The predicted molar refractivity (Wildman–Crippen MR) is 71.3 cm³/mol. The Bertz CT molecular complexity index is 526. The van der Waals surface area contributed by atoms with Crippen LogP contribution in [0, 0.1) is 0 Å². The number of halogens is 1. The molecule has 4 nitrogen and oxygen atoms in total. The molecule has 0 atom stereocenters. The molecule has 0 amide bonds. The molecule has 1 aromatic heterocycles. The summed E-state index contributed by atoms with van der Waals surface area (Å²) in [6, 6.07) is 10.5. The summed E-state index contributed by atoms with van der Waals surface area (Å²) in [6.07, 6.45) is 0. The molecular formula is C13H13ClN2O2. The topological polar surface area (TPSA) is 57.4 Å². The van der Waals surface area contributed by atoms with E-state index in [2.05, 4.69) is 4.98 Å². The first-order valence-corrected chi connectivity index (χ1v) is 5.89. The number of hydrogen-bond donors (Lipinski definition) is 1. The second-order valence-corrected chi connectivity index (χ2v) is 3.93. The third-order valence-electron chi connectivity index (χ3n) is 2.16. The molecule has 0 aliphatic rings. The van der Waals surface area contributed by atoms with Gasteiger partial charge in [-0.2, -0.15) is 0 Å². The first-order chi connectivity index (χ1) is 8.69. The van der Waals surface area contributed by atoms with Gasteiger partial charge in [0.2, 0.25) is 5.88 Å². The van der Waals surface area contributed by atoms with Crippen molar-refractivity contribution in [3.63, 3.8) is 0 Å². The SMILES string of the molecule is CCOc1ccccc1Oc1cc(N)cc(Cl)n1. The van der Waals surface area contributed by atoms with Crippen molar-refractivity contribution in [1.82, 2.24) is 4.98 Å². The van der Waals surface area contributed by atoms with Crippen LogP contribution < -0.4 is 15.2 Å². The number of nitrogens with two attached hydrogens (primary N) is 1. The zero-order valence-electron chi connectivity index (χ0n) is 9.89. The van der Waals surface area contributed by atoms with E-state index in [4.69, 9.17) is 26.8 Å². The second-order valence-electron chi connectivity index (χ2n) is 3.54. The lowest BCUT2D eigenvalue weighted by atomic mass is 10.3. The monoisotopic (exact) mass is 264 g/mol. The third-order valence-corrected chi connectivity index (χ3v) is 2.35. The van der Waals surface area contributed by atoms with E-state index in [0.29, 0.717) is 34.8 Å². The Morgan fingerprint density at radius 1 is 1.22 bits per heavy atom. The molecule has 0 saturated heterocycles. The van der Waals surface area contributed by atoms with Gasteiger partial charge in [0, 0.05) is 11.8 Å². The lowest BCUT2D eigenvalue weighted by Crippen LogP contribution is -1.96. The molecule has 0 spiro atoms. The van der Waals surface area contributed by atoms with Gasteiger partial charge in [-0.05, 0) is 25.1 Å². The van der Waals surface area contributed by atoms with Gasteiger partial charge in [0.1, 0.15) is 5.15 Å². The Morgan fingerprint density at radius 2 is 1.94 bits per heavy atom. The van der Waals surface area contributed by atoms with Crippen LogP contribution in [0.5, 0.6) is 17.4 Å². The van der Waals surface area contributed by atoms with Crippen molar-refractivity contribution in [2.75, 3.05) is 12.3 Å². The van der Waals surface area contributed by atoms with Crippen molar-refractivity contribution in [3.05, 3.63) is 41.6 Å². The average Bonchev–Trinajstić information content (AvgIpc) is 2.30. The molecule has 0 saturated carbocycles. The zero-order valence-corrected chi connectivity index (χ0v) is 10.6. The van der Waals surface area contributed by atoms with E-state index >= 15 is 0 Å². The fraction of sp³-hybridized carbons (Fsp3) is 0.154. The highest BCUT2D eigenvalue weighted by Gasteiger charge is 2.07. The normalized spacial score (nSPS) is 10.1. The summed E-state index contributed by atoms with van der Waals surface area (Å²) in [5.41, 5.74) is 6.17. The average molecular weight is 265 g/mol. The van der Waals surface area contributed by atoms with E-state index < -0.39 is 0 Å². The quantitative estimate of drug-likeness (QED) is 0.859. The van der Waals surface area contributed by atoms with Crippen molar-refractivity contribution in [2.45, 2.75) is 6.92 Å². The van der Waals surface area contributed by atoms with Crippen molar-refractivity contribution in [3.8, 4) is 17.4 Å². The van der Waals surface area contributed by atoms with Crippen LogP contribution in [0.25, 0.3) is 0 Å². The molecule has 0 aliphatic carbocycles. The summed E-state index contributed by atoms with van der Waals surface area (Å²) in [6.45, 7) is 2.47. The van der Waals surface area contributed by atoms with Crippen LogP contribution in [0.15, 0.2) is 36.4 Å². The number of ether oxygens (including phenoxy) is 2. The highest BCUT2D eigenvalue weighted by Crippen LogP contribution is 2.31. The van der Waals surface area contributed by atoms with Gasteiger partial charge < -0.3 is 15.2 Å².